The Morgan fingerprint density at radius 3 is 2.96 bits per heavy atom. The molecule has 24 heavy (non-hydrogen) atoms. The first-order valence-electron chi connectivity index (χ1n) is 8.27. The molecule has 1 saturated heterocycles. The molecule has 1 fully saturated rings. The maximum Gasteiger partial charge on any atom is 0.219 e. The van der Waals surface area contributed by atoms with Crippen LogP contribution in [0.2, 0.25) is 0 Å². The minimum absolute atomic E-state index is 0.0273. The molecule has 0 radical (unpaired) electrons. The van der Waals surface area contributed by atoms with Crippen molar-refractivity contribution in [1.29, 1.82) is 0 Å². The number of aryl methyl sites for hydroxylation is 1. The second-order valence-electron chi connectivity index (χ2n) is 6.39. The van der Waals surface area contributed by atoms with Crippen LogP contribution in [0.4, 0.5) is 0 Å². The Labute approximate surface area is 142 Å². The zero-order valence-electron chi connectivity index (χ0n) is 14.5. The topological polar surface area (TPSA) is 67.2 Å². The van der Waals surface area contributed by atoms with Gasteiger partial charge in [-0.15, -0.1) is 0 Å². The van der Waals surface area contributed by atoms with Crippen molar-refractivity contribution in [3.05, 3.63) is 42.0 Å². The summed E-state index contributed by atoms with van der Waals surface area (Å²) in [5.41, 5.74) is 1.81. The summed E-state index contributed by atoms with van der Waals surface area (Å²) in [7, 11) is 3.80. The molecule has 0 spiro atoms. The summed E-state index contributed by atoms with van der Waals surface area (Å²) in [5.74, 6) is 1.09. The fourth-order valence-corrected chi connectivity index (χ4v) is 3.10. The molecule has 7 heteroatoms. The molecule has 0 N–H and O–H groups in total. The van der Waals surface area contributed by atoms with Crippen molar-refractivity contribution in [3.8, 4) is 0 Å². The molecule has 0 aromatic carbocycles. The first-order chi connectivity index (χ1) is 11.5. The van der Waals surface area contributed by atoms with E-state index in [4.69, 9.17) is 4.98 Å². The Morgan fingerprint density at radius 2 is 2.25 bits per heavy atom. The Morgan fingerprint density at radius 1 is 1.42 bits per heavy atom. The van der Waals surface area contributed by atoms with Gasteiger partial charge in [0, 0.05) is 33.4 Å². The smallest absolute Gasteiger partial charge is 0.219 e. The summed E-state index contributed by atoms with van der Waals surface area (Å²) in [6.07, 6.45) is 9.61. The average molecular weight is 328 g/mol. The molecular formula is C17H24N6O. The summed E-state index contributed by atoms with van der Waals surface area (Å²) in [5, 5.41) is 0. The predicted octanol–water partition coefficient (Wildman–Crippen LogP) is 1.53. The SMILES string of the molecule is CC(=O)N(C)Cc1cncc([C@@H]2CCCN2Cc2nccn2C)n1. The van der Waals surface area contributed by atoms with Crippen LogP contribution in [-0.2, 0) is 24.9 Å². The van der Waals surface area contributed by atoms with Gasteiger partial charge in [0.15, 0.2) is 0 Å². The van der Waals surface area contributed by atoms with Gasteiger partial charge in [-0.3, -0.25) is 19.7 Å². The number of carbonyl (C=O) groups excluding carboxylic acids is 1. The van der Waals surface area contributed by atoms with Gasteiger partial charge in [-0.2, -0.15) is 0 Å². The highest BCUT2D eigenvalue weighted by atomic mass is 16.2. The van der Waals surface area contributed by atoms with Gasteiger partial charge < -0.3 is 9.47 Å². The number of hydrogen-bond acceptors (Lipinski definition) is 5. The number of rotatable bonds is 5. The van der Waals surface area contributed by atoms with Crippen LogP contribution >= 0.6 is 0 Å². The molecule has 0 bridgehead atoms. The molecule has 1 amide bonds. The van der Waals surface area contributed by atoms with E-state index < -0.39 is 0 Å². The van der Waals surface area contributed by atoms with Gasteiger partial charge in [-0.1, -0.05) is 0 Å². The van der Waals surface area contributed by atoms with E-state index in [0.717, 1.165) is 43.1 Å². The van der Waals surface area contributed by atoms with E-state index in [9.17, 15) is 4.79 Å². The quantitative estimate of drug-likeness (QED) is 0.832. The molecule has 128 valence electrons. The van der Waals surface area contributed by atoms with Crippen LogP contribution in [0, 0.1) is 0 Å². The minimum Gasteiger partial charge on any atom is -0.340 e. The molecule has 2 aromatic heterocycles. The highest BCUT2D eigenvalue weighted by molar-refractivity contribution is 5.72. The largest absolute Gasteiger partial charge is 0.340 e. The zero-order chi connectivity index (χ0) is 17.1. The number of likely N-dealkylation sites (tertiary alicyclic amines) is 1. The summed E-state index contributed by atoms with van der Waals surface area (Å²) in [6.45, 7) is 3.90. The van der Waals surface area contributed by atoms with Gasteiger partial charge in [-0.05, 0) is 19.4 Å². The molecule has 0 saturated carbocycles. The van der Waals surface area contributed by atoms with Crippen LogP contribution in [0.25, 0.3) is 0 Å². The Hall–Kier alpha value is -2.28. The Kier molecular flexibility index (Phi) is 4.89. The maximum absolute atomic E-state index is 11.4. The molecule has 0 aliphatic carbocycles. The number of hydrogen-bond donors (Lipinski definition) is 0. The van der Waals surface area contributed by atoms with Crippen LogP contribution in [0.5, 0.6) is 0 Å². The van der Waals surface area contributed by atoms with Crippen molar-refractivity contribution < 1.29 is 4.79 Å². The maximum atomic E-state index is 11.4. The molecule has 0 unspecified atom stereocenters. The zero-order valence-corrected chi connectivity index (χ0v) is 14.5. The van der Waals surface area contributed by atoms with E-state index in [0.29, 0.717) is 6.54 Å². The molecule has 2 aromatic rings. The second-order valence-corrected chi connectivity index (χ2v) is 6.39. The molecule has 1 aliphatic rings. The van der Waals surface area contributed by atoms with Crippen molar-refractivity contribution in [2.75, 3.05) is 13.6 Å². The lowest BCUT2D eigenvalue weighted by atomic mass is 10.1. The lowest BCUT2D eigenvalue weighted by Gasteiger charge is -2.24. The van der Waals surface area contributed by atoms with Crippen LogP contribution in [0.15, 0.2) is 24.8 Å². The fourth-order valence-electron chi connectivity index (χ4n) is 3.10. The standard InChI is InChI=1S/C17H24N6O/c1-13(24)22(3)11-14-9-18-10-15(20-14)16-5-4-7-23(16)12-17-19-6-8-21(17)2/h6,8-10,16H,4-5,7,11-12H2,1-3H3/t16-/m0/s1. The first-order valence-corrected chi connectivity index (χ1v) is 8.27. The third-order valence-electron chi connectivity index (χ3n) is 4.61. The number of amides is 1. The Balaban J connectivity index is 1.75. The van der Waals surface area contributed by atoms with E-state index in [1.807, 2.05) is 25.6 Å². The van der Waals surface area contributed by atoms with E-state index in [-0.39, 0.29) is 11.9 Å². The fraction of sp³-hybridized carbons (Fsp3) is 0.529. The van der Waals surface area contributed by atoms with Gasteiger partial charge in [0.25, 0.3) is 0 Å². The van der Waals surface area contributed by atoms with Gasteiger partial charge in [-0.25, -0.2) is 4.98 Å². The van der Waals surface area contributed by atoms with Crippen molar-refractivity contribution in [1.82, 2.24) is 29.3 Å². The number of imidazole rings is 1. The number of nitrogens with zero attached hydrogens (tertiary/aromatic N) is 6. The highest BCUT2D eigenvalue weighted by Crippen LogP contribution is 2.31. The van der Waals surface area contributed by atoms with Crippen molar-refractivity contribution in [2.24, 2.45) is 7.05 Å². The molecule has 3 heterocycles. The predicted molar refractivity (Wildman–Crippen MR) is 89.8 cm³/mol. The van der Waals surface area contributed by atoms with Crippen molar-refractivity contribution in [2.45, 2.75) is 38.9 Å². The summed E-state index contributed by atoms with van der Waals surface area (Å²) in [6, 6.07) is 0.261. The Bertz CT molecular complexity index is 713. The molecule has 7 nitrogen and oxygen atoms in total. The van der Waals surface area contributed by atoms with E-state index in [1.54, 1.807) is 25.1 Å². The third kappa shape index (κ3) is 3.62. The molecule has 1 atom stereocenters. The van der Waals surface area contributed by atoms with Crippen molar-refractivity contribution >= 4 is 5.91 Å². The minimum atomic E-state index is 0.0273. The van der Waals surface area contributed by atoms with Gasteiger partial charge in [0.2, 0.25) is 5.91 Å². The molecule has 3 rings (SSSR count). The van der Waals surface area contributed by atoms with Crippen LogP contribution in [-0.4, -0.2) is 48.8 Å². The highest BCUT2D eigenvalue weighted by Gasteiger charge is 2.28. The first kappa shape index (κ1) is 16.6. The number of carbonyl (C=O) groups is 1. The lowest BCUT2D eigenvalue weighted by Crippen LogP contribution is -2.26. The monoisotopic (exact) mass is 328 g/mol. The van der Waals surface area contributed by atoms with E-state index in [2.05, 4.69) is 19.4 Å². The van der Waals surface area contributed by atoms with Gasteiger partial charge in [0.05, 0.1) is 42.9 Å². The van der Waals surface area contributed by atoms with E-state index in [1.165, 1.54) is 0 Å². The number of aromatic nitrogens is 4. The van der Waals surface area contributed by atoms with Crippen LogP contribution in [0.1, 0.15) is 43.0 Å². The lowest BCUT2D eigenvalue weighted by molar-refractivity contribution is -0.128. The molecular weight excluding hydrogens is 304 g/mol. The van der Waals surface area contributed by atoms with Gasteiger partial charge >= 0.3 is 0 Å². The second kappa shape index (κ2) is 7.09. The summed E-state index contributed by atoms with van der Waals surface area (Å²) >= 11 is 0. The van der Waals surface area contributed by atoms with Gasteiger partial charge in [0.1, 0.15) is 5.82 Å². The van der Waals surface area contributed by atoms with Crippen LogP contribution < -0.4 is 0 Å². The third-order valence-corrected chi connectivity index (χ3v) is 4.61. The summed E-state index contributed by atoms with van der Waals surface area (Å²) in [4.78, 5) is 29.0. The normalized spacial score (nSPS) is 18.0. The molecule has 1 aliphatic heterocycles. The van der Waals surface area contributed by atoms with Crippen LogP contribution in [0.3, 0.4) is 0 Å². The summed E-state index contributed by atoms with van der Waals surface area (Å²) < 4.78 is 2.05. The van der Waals surface area contributed by atoms with Crippen molar-refractivity contribution in [3.63, 3.8) is 0 Å². The average Bonchev–Trinajstić information content (AvgIpc) is 3.17. The van der Waals surface area contributed by atoms with E-state index >= 15 is 0 Å².